The van der Waals surface area contributed by atoms with Crippen molar-refractivity contribution in [3.05, 3.63) is 23.3 Å². The summed E-state index contributed by atoms with van der Waals surface area (Å²) < 4.78 is 44.0. The SMILES string of the molecule is CCN(CC)c1noc([C@H](C)NC(=O)c2cc(C(F)(F)F)nn2C)n1. The Balaban J connectivity index is 2.12. The Kier molecular flexibility index (Phi) is 5.33. The normalized spacial score (nSPS) is 12.9. The van der Waals surface area contributed by atoms with Crippen LogP contribution >= 0.6 is 0 Å². The van der Waals surface area contributed by atoms with Gasteiger partial charge in [-0.3, -0.25) is 9.48 Å². The monoisotopic (exact) mass is 360 g/mol. The zero-order valence-corrected chi connectivity index (χ0v) is 14.3. The van der Waals surface area contributed by atoms with Crippen molar-refractivity contribution in [1.29, 1.82) is 0 Å². The molecule has 2 aromatic heterocycles. The molecular weight excluding hydrogens is 341 g/mol. The number of aryl methyl sites for hydroxylation is 1. The molecule has 0 spiro atoms. The van der Waals surface area contributed by atoms with Crippen molar-refractivity contribution in [3.8, 4) is 0 Å². The van der Waals surface area contributed by atoms with Gasteiger partial charge >= 0.3 is 6.18 Å². The minimum atomic E-state index is -4.62. The summed E-state index contributed by atoms with van der Waals surface area (Å²) in [5.74, 6) is -0.171. The molecule has 8 nitrogen and oxygen atoms in total. The number of hydrogen-bond acceptors (Lipinski definition) is 6. The number of aromatic nitrogens is 4. The maximum absolute atomic E-state index is 12.7. The van der Waals surface area contributed by atoms with E-state index in [1.807, 2.05) is 18.7 Å². The quantitative estimate of drug-likeness (QED) is 0.849. The maximum atomic E-state index is 12.7. The first-order chi connectivity index (χ1) is 11.7. The van der Waals surface area contributed by atoms with Gasteiger partial charge in [0.05, 0.1) is 0 Å². The van der Waals surface area contributed by atoms with Crippen LogP contribution in [-0.2, 0) is 13.2 Å². The number of rotatable bonds is 6. The lowest BCUT2D eigenvalue weighted by Gasteiger charge is -2.14. The number of halogens is 3. The second kappa shape index (κ2) is 7.11. The number of amides is 1. The Morgan fingerprint density at radius 2 is 2.04 bits per heavy atom. The number of hydrogen-bond donors (Lipinski definition) is 1. The lowest BCUT2D eigenvalue weighted by atomic mass is 10.3. The van der Waals surface area contributed by atoms with E-state index in [0.29, 0.717) is 25.1 Å². The van der Waals surface area contributed by atoms with Crippen molar-refractivity contribution < 1.29 is 22.5 Å². The van der Waals surface area contributed by atoms with Crippen LogP contribution in [0.2, 0.25) is 0 Å². The summed E-state index contributed by atoms with van der Waals surface area (Å²) in [5.41, 5.74) is -1.35. The zero-order chi connectivity index (χ0) is 18.8. The molecule has 138 valence electrons. The molecule has 0 radical (unpaired) electrons. The Labute approximate surface area is 142 Å². The molecule has 0 saturated carbocycles. The van der Waals surface area contributed by atoms with Gasteiger partial charge in [-0.15, -0.1) is 0 Å². The fourth-order valence-electron chi connectivity index (χ4n) is 2.19. The molecule has 0 aliphatic rings. The van der Waals surface area contributed by atoms with Gasteiger partial charge in [-0.05, 0) is 25.9 Å². The zero-order valence-electron chi connectivity index (χ0n) is 14.3. The summed E-state index contributed by atoms with van der Waals surface area (Å²) >= 11 is 0. The van der Waals surface area contributed by atoms with Crippen molar-refractivity contribution >= 4 is 11.9 Å². The molecule has 1 N–H and O–H groups in total. The highest BCUT2D eigenvalue weighted by Crippen LogP contribution is 2.28. The molecule has 11 heteroatoms. The van der Waals surface area contributed by atoms with Gasteiger partial charge in [-0.25, -0.2) is 0 Å². The van der Waals surface area contributed by atoms with Crippen molar-refractivity contribution in [2.45, 2.75) is 33.0 Å². The third kappa shape index (κ3) is 4.09. The summed E-state index contributed by atoms with van der Waals surface area (Å²) in [4.78, 5) is 18.3. The van der Waals surface area contributed by atoms with Gasteiger partial charge < -0.3 is 14.7 Å². The van der Waals surface area contributed by atoms with Crippen LogP contribution in [0.15, 0.2) is 10.6 Å². The van der Waals surface area contributed by atoms with Crippen LogP contribution in [0.25, 0.3) is 0 Å². The maximum Gasteiger partial charge on any atom is 0.435 e. The first kappa shape index (κ1) is 18.7. The predicted octanol–water partition coefficient (Wildman–Crippen LogP) is 2.16. The fourth-order valence-corrected chi connectivity index (χ4v) is 2.19. The van der Waals surface area contributed by atoms with Crippen LogP contribution in [-0.4, -0.2) is 38.9 Å². The molecule has 0 saturated heterocycles. The van der Waals surface area contributed by atoms with Crippen LogP contribution in [0.5, 0.6) is 0 Å². The van der Waals surface area contributed by atoms with E-state index in [1.54, 1.807) is 6.92 Å². The summed E-state index contributed by atoms with van der Waals surface area (Å²) in [6.45, 7) is 6.84. The van der Waals surface area contributed by atoms with Gasteiger partial charge in [0, 0.05) is 26.2 Å². The highest BCUT2D eigenvalue weighted by molar-refractivity contribution is 5.92. The minimum Gasteiger partial charge on any atom is -0.339 e. The van der Waals surface area contributed by atoms with Crippen molar-refractivity contribution in [2.75, 3.05) is 18.0 Å². The third-order valence-corrected chi connectivity index (χ3v) is 3.60. The molecule has 1 amide bonds. The molecule has 1 atom stereocenters. The van der Waals surface area contributed by atoms with E-state index in [4.69, 9.17) is 4.52 Å². The average molecular weight is 360 g/mol. The van der Waals surface area contributed by atoms with Crippen LogP contribution < -0.4 is 10.2 Å². The van der Waals surface area contributed by atoms with Gasteiger partial charge in [0.1, 0.15) is 11.7 Å². The summed E-state index contributed by atoms with van der Waals surface area (Å²) in [5, 5.41) is 9.67. The van der Waals surface area contributed by atoms with Gasteiger partial charge in [-0.1, -0.05) is 0 Å². The number of carbonyl (C=O) groups excluding carboxylic acids is 1. The molecular formula is C14H19F3N6O2. The van der Waals surface area contributed by atoms with E-state index in [9.17, 15) is 18.0 Å². The van der Waals surface area contributed by atoms with Crippen molar-refractivity contribution in [2.24, 2.45) is 7.05 Å². The standard InChI is InChI=1S/C14H19F3N6O2/c1-5-23(6-2)13-19-12(25-21-13)8(3)18-11(24)9-7-10(14(15,16)17)20-22(9)4/h7-8H,5-6H2,1-4H3,(H,18,24)/t8-/m0/s1. The molecule has 2 heterocycles. The van der Waals surface area contributed by atoms with Crippen LogP contribution in [0.1, 0.15) is 48.9 Å². The summed E-state index contributed by atoms with van der Waals surface area (Å²) in [6.07, 6.45) is -4.62. The predicted molar refractivity (Wildman–Crippen MR) is 82.0 cm³/mol. The summed E-state index contributed by atoms with van der Waals surface area (Å²) in [6, 6.07) is 0.0190. The van der Waals surface area contributed by atoms with Gasteiger partial charge in [0.15, 0.2) is 5.69 Å². The van der Waals surface area contributed by atoms with Gasteiger partial charge in [0.2, 0.25) is 0 Å². The largest absolute Gasteiger partial charge is 0.435 e. The Morgan fingerprint density at radius 3 is 2.56 bits per heavy atom. The van der Waals surface area contributed by atoms with E-state index in [2.05, 4.69) is 20.6 Å². The molecule has 0 aliphatic carbocycles. The second-order valence-electron chi connectivity index (χ2n) is 5.34. The number of anilines is 1. The highest BCUT2D eigenvalue weighted by Gasteiger charge is 2.35. The van der Waals surface area contributed by atoms with Gasteiger partial charge in [0.25, 0.3) is 17.7 Å². The van der Waals surface area contributed by atoms with Crippen LogP contribution in [0.3, 0.4) is 0 Å². The number of nitrogens with one attached hydrogen (secondary N) is 1. The number of nitrogens with zero attached hydrogens (tertiary/aromatic N) is 5. The van der Waals surface area contributed by atoms with E-state index < -0.39 is 23.8 Å². The third-order valence-electron chi connectivity index (χ3n) is 3.60. The van der Waals surface area contributed by atoms with Crippen molar-refractivity contribution in [3.63, 3.8) is 0 Å². The first-order valence-corrected chi connectivity index (χ1v) is 7.68. The van der Waals surface area contributed by atoms with E-state index in [1.165, 1.54) is 7.05 Å². The number of carbonyl (C=O) groups is 1. The minimum absolute atomic E-state index is 0.161. The summed E-state index contributed by atoms with van der Waals surface area (Å²) in [7, 11) is 1.26. The lowest BCUT2D eigenvalue weighted by molar-refractivity contribution is -0.141. The first-order valence-electron chi connectivity index (χ1n) is 7.68. The topological polar surface area (TPSA) is 89.1 Å². The van der Waals surface area contributed by atoms with Crippen LogP contribution in [0, 0.1) is 0 Å². The van der Waals surface area contributed by atoms with Crippen molar-refractivity contribution in [1.82, 2.24) is 25.2 Å². The Hall–Kier alpha value is -2.59. The number of alkyl halides is 3. The molecule has 0 aromatic carbocycles. The lowest BCUT2D eigenvalue weighted by Crippen LogP contribution is -2.28. The molecule has 0 unspecified atom stereocenters. The van der Waals surface area contributed by atoms with E-state index in [-0.39, 0.29) is 11.6 Å². The fraction of sp³-hybridized carbons (Fsp3) is 0.571. The Morgan fingerprint density at radius 1 is 1.40 bits per heavy atom. The average Bonchev–Trinajstić information content (AvgIpc) is 3.15. The van der Waals surface area contributed by atoms with Crippen LogP contribution in [0.4, 0.5) is 19.1 Å². The van der Waals surface area contributed by atoms with Gasteiger partial charge in [-0.2, -0.15) is 23.3 Å². The molecule has 2 aromatic rings. The van der Waals surface area contributed by atoms with E-state index in [0.717, 1.165) is 4.68 Å². The second-order valence-corrected chi connectivity index (χ2v) is 5.34. The molecule has 2 rings (SSSR count). The Bertz CT molecular complexity index is 735. The highest BCUT2D eigenvalue weighted by atomic mass is 19.4. The molecule has 0 fully saturated rings. The molecule has 25 heavy (non-hydrogen) atoms. The molecule has 0 bridgehead atoms. The van der Waals surface area contributed by atoms with E-state index >= 15 is 0 Å². The molecule has 0 aliphatic heterocycles. The smallest absolute Gasteiger partial charge is 0.339 e.